The molecule has 0 aliphatic rings. The minimum absolute atomic E-state index is 0.0152. The molecule has 0 spiro atoms. The lowest BCUT2D eigenvalue weighted by atomic mass is 10.1. The lowest BCUT2D eigenvalue weighted by Crippen LogP contribution is -2.66. The molecule has 2 rings (SSSR count). The number of aldehydes is 1. The van der Waals surface area contributed by atoms with E-state index < -0.39 is 8.32 Å². The van der Waals surface area contributed by atoms with Gasteiger partial charge in [-0.05, 0) is 28.3 Å². The van der Waals surface area contributed by atoms with Crippen molar-refractivity contribution in [2.45, 2.75) is 52.0 Å². The quantitative estimate of drug-likeness (QED) is 0.352. The zero-order valence-corrected chi connectivity index (χ0v) is 18.1. The van der Waals surface area contributed by atoms with Gasteiger partial charge in [0.25, 0.3) is 8.32 Å². The van der Waals surface area contributed by atoms with E-state index in [2.05, 4.69) is 94.4 Å². The first-order valence-corrected chi connectivity index (χ1v) is 11.7. The summed E-state index contributed by atoms with van der Waals surface area (Å²) in [6.07, 6.45) is 5.54. The van der Waals surface area contributed by atoms with Crippen molar-refractivity contribution in [2.24, 2.45) is 0 Å². The summed E-state index contributed by atoms with van der Waals surface area (Å²) in [4.78, 5) is 10.7. The molecule has 27 heavy (non-hydrogen) atoms. The van der Waals surface area contributed by atoms with Crippen molar-refractivity contribution < 1.29 is 9.22 Å². The Kier molecular flexibility index (Phi) is 7.75. The molecule has 0 saturated heterocycles. The van der Waals surface area contributed by atoms with Crippen LogP contribution in [0.3, 0.4) is 0 Å². The zero-order valence-electron chi connectivity index (χ0n) is 17.1. The Morgan fingerprint density at radius 2 is 1.48 bits per heavy atom. The average molecular weight is 381 g/mol. The van der Waals surface area contributed by atoms with Gasteiger partial charge in [0, 0.05) is 6.42 Å². The Hall–Kier alpha value is -1.97. The molecule has 2 aromatic carbocycles. The van der Waals surface area contributed by atoms with Crippen LogP contribution in [-0.4, -0.2) is 21.2 Å². The van der Waals surface area contributed by atoms with Crippen LogP contribution in [0.1, 0.15) is 47.0 Å². The highest BCUT2D eigenvalue weighted by atomic mass is 28.4. The van der Waals surface area contributed by atoms with Gasteiger partial charge in [-0.15, -0.1) is 0 Å². The summed E-state index contributed by atoms with van der Waals surface area (Å²) in [6, 6.07) is 21.4. The van der Waals surface area contributed by atoms with Crippen molar-refractivity contribution in [3.8, 4) is 0 Å². The third-order valence-electron chi connectivity index (χ3n) is 5.13. The number of hydrogen-bond donors (Lipinski definition) is 0. The van der Waals surface area contributed by atoms with Crippen molar-refractivity contribution in [2.75, 3.05) is 6.61 Å². The molecule has 0 heterocycles. The fraction of sp³-hybridized carbons (Fsp3) is 0.375. The lowest BCUT2D eigenvalue weighted by Gasteiger charge is -2.42. The van der Waals surface area contributed by atoms with E-state index in [1.54, 1.807) is 0 Å². The third-order valence-corrected chi connectivity index (χ3v) is 10.1. The van der Waals surface area contributed by atoms with Gasteiger partial charge in [0.2, 0.25) is 0 Å². The van der Waals surface area contributed by atoms with Crippen molar-refractivity contribution in [3.05, 3.63) is 72.3 Å². The summed E-state index contributed by atoms with van der Waals surface area (Å²) >= 11 is 0. The third kappa shape index (κ3) is 5.05. The van der Waals surface area contributed by atoms with E-state index in [4.69, 9.17) is 4.43 Å². The molecule has 144 valence electrons. The van der Waals surface area contributed by atoms with Crippen LogP contribution in [0.5, 0.6) is 0 Å². The van der Waals surface area contributed by atoms with E-state index in [0.717, 1.165) is 19.1 Å². The van der Waals surface area contributed by atoms with Crippen LogP contribution < -0.4 is 10.4 Å². The van der Waals surface area contributed by atoms with E-state index in [-0.39, 0.29) is 5.04 Å². The number of allylic oxidation sites excluding steroid dienone is 1. The molecule has 0 N–H and O–H groups in total. The molecule has 0 aliphatic heterocycles. The van der Waals surface area contributed by atoms with Gasteiger partial charge in [0.15, 0.2) is 0 Å². The van der Waals surface area contributed by atoms with Crippen LogP contribution in [-0.2, 0) is 9.22 Å². The Labute approximate surface area is 165 Å². The fourth-order valence-electron chi connectivity index (χ4n) is 3.71. The predicted octanol–water partition coefficient (Wildman–Crippen LogP) is 4.88. The number of hydrogen-bond acceptors (Lipinski definition) is 2. The van der Waals surface area contributed by atoms with Gasteiger partial charge < -0.3 is 9.22 Å². The van der Waals surface area contributed by atoms with Gasteiger partial charge >= 0.3 is 0 Å². The fourth-order valence-corrected chi connectivity index (χ4v) is 8.20. The highest BCUT2D eigenvalue weighted by molar-refractivity contribution is 6.99. The summed E-state index contributed by atoms with van der Waals surface area (Å²) in [5.41, 5.74) is 1.29. The second kappa shape index (κ2) is 9.82. The van der Waals surface area contributed by atoms with Gasteiger partial charge in [0.1, 0.15) is 6.29 Å². The molecular formula is C24H32O2Si. The monoisotopic (exact) mass is 380 g/mol. The van der Waals surface area contributed by atoms with Crippen LogP contribution in [0.25, 0.3) is 0 Å². The average Bonchev–Trinajstić information content (AvgIpc) is 2.68. The minimum atomic E-state index is -2.47. The van der Waals surface area contributed by atoms with E-state index in [1.165, 1.54) is 15.9 Å². The van der Waals surface area contributed by atoms with E-state index >= 15 is 0 Å². The van der Waals surface area contributed by atoms with Crippen molar-refractivity contribution >= 4 is 25.0 Å². The van der Waals surface area contributed by atoms with Gasteiger partial charge in [-0.3, -0.25) is 0 Å². The van der Waals surface area contributed by atoms with Gasteiger partial charge in [-0.2, -0.15) is 0 Å². The molecule has 2 aromatic rings. The van der Waals surface area contributed by atoms with E-state index in [9.17, 15) is 4.79 Å². The molecule has 0 fully saturated rings. The van der Waals surface area contributed by atoms with E-state index in [1.807, 2.05) is 0 Å². The molecule has 2 nitrogen and oxygen atoms in total. The summed E-state index contributed by atoms with van der Waals surface area (Å²) in [5, 5.41) is 2.57. The SMILES string of the molecule is CC/C(=C\CO[Si](c1ccccc1)(c1ccccc1)C(C)(C)C)CCC=O. The zero-order chi connectivity index (χ0) is 19.8. The Bertz CT molecular complexity index is 690. The lowest BCUT2D eigenvalue weighted by molar-refractivity contribution is -0.107. The van der Waals surface area contributed by atoms with Gasteiger partial charge in [-0.1, -0.05) is 100 Å². The molecule has 0 unspecified atom stereocenters. The van der Waals surface area contributed by atoms with Crippen LogP contribution in [0.15, 0.2) is 72.3 Å². The molecular weight excluding hydrogens is 348 g/mol. The topological polar surface area (TPSA) is 26.3 Å². The molecule has 0 bridgehead atoms. The molecule has 0 saturated carbocycles. The summed E-state index contributed by atoms with van der Waals surface area (Å²) in [5.74, 6) is 0. The Morgan fingerprint density at radius 1 is 0.963 bits per heavy atom. The second-order valence-electron chi connectivity index (χ2n) is 7.90. The van der Waals surface area contributed by atoms with Crippen molar-refractivity contribution in [1.29, 1.82) is 0 Å². The molecule has 0 atom stereocenters. The largest absolute Gasteiger partial charge is 0.404 e. The maximum atomic E-state index is 10.7. The van der Waals surface area contributed by atoms with Crippen LogP contribution in [0, 0.1) is 0 Å². The standard InChI is InChI=1S/C24H32O2Si/c1-5-21(13-12-19-25)18-20-26-27(24(2,3)4,22-14-8-6-9-15-22)23-16-10-7-11-17-23/h6-11,14-19H,5,12-13,20H2,1-4H3/b21-18+. The maximum absolute atomic E-state index is 10.7. The molecule has 3 heteroatoms. The first-order chi connectivity index (χ1) is 13.0. The summed E-state index contributed by atoms with van der Waals surface area (Å²) < 4.78 is 6.85. The number of carbonyl (C=O) groups excluding carboxylic acids is 1. The van der Waals surface area contributed by atoms with E-state index in [0.29, 0.717) is 13.0 Å². The number of rotatable bonds is 9. The second-order valence-corrected chi connectivity index (χ2v) is 12.2. The van der Waals surface area contributed by atoms with Crippen LogP contribution >= 0.6 is 0 Å². The van der Waals surface area contributed by atoms with Gasteiger partial charge in [0.05, 0.1) is 6.61 Å². The first-order valence-electron chi connectivity index (χ1n) is 9.82. The smallest absolute Gasteiger partial charge is 0.261 e. The normalized spacial score (nSPS) is 12.8. The van der Waals surface area contributed by atoms with Gasteiger partial charge in [-0.25, -0.2) is 0 Å². The Morgan fingerprint density at radius 3 is 1.89 bits per heavy atom. The molecule has 0 aliphatic carbocycles. The van der Waals surface area contributed by atoms with Crippen molar-refractivity contribution in [1.82, 2.24) is 0 Å². The predicted molar refractivity (Wildman–Crippen MR) is 117 cm³/mol. The summed E-state index contributed by atoms with van der Waals surface area (Å²) in [6.45, 7) is 9.58. The Balaban J connectivity index is 2.46. The van der Waals surface area contributed by atoms with Crippen molar-refractivity contribution in [3.63, 3.8) is 0 Å². The summed E-state index contributed by atoms with van der Waals surface area (Å²) in [7, 11) is -2.47. The van der Waals surface area contributed by atoms with Crippen LogP contribution in [0.2, 0.25) is 5.04 Å². The van der Waals surface area contributed by atoms with Crippen LogP contribution in [0.4, 0.5) is 0 Å². The maximum Gasteiger partial charge on any atom is 0.261 e. The number of carbonyl (C=O) groups is 1. The first kappa shape index (κ1) is 21.3. The molecule has 0 radical (unpaired) electrons. The number of benzene rings is 2. The molecule has 0 amide bonds. The highest BCUT2D eigenvalue weighted by Gasteiger charge is 2.49. The molecule has 0 aromatic heterocycles. The highest BCUT2D eigenvalue weighted by Crippen LogP contribution is 2.36. The minimum Gasteiger partial charge on any atom is -0.404 e.